The zero-order chi connectivity index (χ0) is 11.1. The SMILES string of the molecule is COC(=O)CN(C)N=Nc1ccccc1. The standard InChI is InChI=1S/C10H13N3O2/c1-13(8-10(14)15-2)12-11-9-6-4-3-5-7-9/h3-7H,8H2,1-2H3. The van der Waals surface area contributed by atoms with Gasteiger partial charge in [0.25, 0.3) is 0 Å². The third-order valence-electron chi connectivity index (χ3n) is 1.65. The summed E-state index contributed by atoms with van der Waals surface area (Å²) in [5.74, 6) is -0.343. The molecular weight excluding hydrogens is 194 g/mol. The molecule has 5 nitrogen and oxygen atoms in total. The van der Waals surface area contributed by atoms with Crippen LogP contribution in [0.5, 0.6) is 0 Å². The highest BCUT2D eigenvalue weighted by molar-refractivity contribution is 5.71. The van der Waals surface area contributed by atoms with Gasteiger partial charge in [-0.2, -0.15) is 0 Å². The molecule has 0 aliphatic carbocycles. The van der Waals surface area contributed by atoms with Crippen LogP contribution in [-0.2, 0) is 9.53 Å². The highest BCUT2D eigenvalue weighted by atomic mass is 16.5. The largest absolute Gasteiger partial charge is 0.468 e. The number of esters is 1. The van der Waals surface area contributed by atoms with Crippen LogP contribution in [0, 0.1) is 0 Å². The van der Waals surface area contributed by atoms with Gasteiger partial charge >= 0.3 is 5.97 Å². The summed E-state index contributed by atoms with van der Waals surface area (Å²) in [5.41, 5.74) is 0.745. The molecule has 0 bridgehead atoms. The molecule has 0 radical (unpaired) electrons. The quantitative estimate of drug-likeness (QED) is 0.429. The highest BCUT2D eigenvalue weighted by Gasteiger charge is 2.02. The number of carbonyl (C=O) groups is 1. The Hall–Kier alpha value is -1.91. The summed E-state index contributed by atoms with van der Waals surface area (Å²) >= 11 is 0. The number of likely N-dealkylation sites (N-methyl/N-ethyl adjacent to an activating group) is 1. The lowest BCUT2D eigenvalue weighted by Gasteiger charge is -2.08. The maximum absolute atomic E-state index is 10.9. The summed E-state index contributed by atoms with van der Waals surface area (Å²) in [7, 11) is 2.99. The third kappa shape index (κ3) is 4.21. The van der Waals surface area contributed by atoms with Gasteiger partial charge in [0.05, 0.1) is 12.8 Å². The zero-order valence-corrected chi connectivity index (χ0v) is 8.75. The lowest BCUT2D eigenvalue weighted by atomic mass is 10.3. The van der Waals surface area contributed by atoms with Crippen LogP contribution in [0.15, 0.2) is 40.7 Å². The van der Waals surface area contributed by atoms with E-state index in [0.717, 1.165) is 5.69 Å². The van der Waals surface area contributed by atoms with Crippen molar-refractivity contribution < 1.29 is 9.53 Å². The molecule has 0 spiro atoms. The molecule has 5 heteroatoms. The van der Waals surface area contributed by atoms with Crippen molar-refractivity contribution in [1.82, 2.24) is 5.01 Å². The monoisotopic (exact) mass is 207 g/mol. The molecule has 0 amide bonds. The zero-order valence-electron chi connectivity index (χ0n) is 8.75. The minimum atomic E-state index is -0.343. The maximum atomic E-state index is 10.9. The summed E-state index contributed by atoms with van der Waals surface area (Å²) in [6.45, 7) is 0.0901. The number of ether oxygens (including phenoxy) is 1. The van der Waals surface area contributed by atoms with Crippen LogP contribution >= 0.6 is 0 Å². The van der Waals surface area contributed by atoms with Crippen molar-refractivity contribution in [3.05, 3.63) is 30.3 Å². The first-order chi connectivity index (χ1) is 7.22. The van der Waals surface area contributed by atoms with Crippen molar-refractivity contribution >= 4 is 11.7 Å². The molecule has 0 unspecified atom stereocenters. The van der Waals surface area contributed by atoms with E-state index in [1.165, 1.54) is 12.1 Å². The van der Waals surface area contributed by atoms with E-state index in [0.29, 0.717) is 0 Å². The van der Waals surface area contributed by atoms with Crippen molar-refractivity contribution in [2.75, 3.05) is 20.7 Å². The number of nitrogens with zero attached hydrogens (tertiary/aromatic N) is 3. The molecule has 0 atom stereocenters. The lowest BCUT2D eigenvalue weighted by Crippen LogP contribution is -2.21. The Kier molecular flexibility index (Phi) is 4.28. The van der Waals surface area contributed by atoms with E-state index in [-0.39, 0.29) is 12.5 Å². The molecule has 1 aromatic rings. The van der Waals surface area contributed by atoms with E-state index in [1.54, 1.807) is 7.05 Å². The third-order valence-corrected chi connectivity index (χ3v) is 1.65. The van der Waals surface area contributed by atoms with Gasteiger partial charge in [-0.05, 0) is 12.1 Å². The smallest absolute Gasteiger partial charge is 0.327 e. The van der Waals surface area contributed by atoms with Gasteiger partial charge in [0.15, 0.2) is 0 Å². The highest BCUT2D eigenvalue weighted by Crippen LogP contribution is 2.10. The predicted molar refractivity (Wildman–Crippen MR) is 55.6 cm³/mol. The molecule has 1 aromatic carbocycles. The summed E-state index contributed by atoms with van der Waals surface area (Å²) < 4.78 is 4.49. The average Bonchev–Trinajstić information content (AvgIpc) is 2.27. The van der Waals surface area contributed by atoms with Crippen molar-refractivity contribution in [1.29, 1.82) is 0 Å². The van der Waals surface area contributed by atoms with Crippen molar-refractivity contribution in [3.63, 3.8) is 0 Å². The normalized spacial score (nSPS) is 10.3. The van der Waals surface area contributed by atoms with Gasteiger partial charge in [-0.3, -0.25) is 9.80 Å². The van der Waals surface area contributed by atoms with E-state index in [4.69, 9.17) is 0 Å². The van der Waals surface area contributed by atoms with Crippen LogP contribution in [0.3, 0.4) is 0 Å². The first-order valence-corrected chi connectivity index (χ1v) is 4.47. The Morgan fingerprint density at radius 3 is 2.67 bits per heavy atom. The van der Waals surface area contributed by atoms with E-state index in [9.17, 15) is 4.79 Å². The first-order valence-electron chi connectivity index (χ1n) is 4.47. The van der Waals surface area contributed by atoms with Crippen LogP contribution in [0.2, 0.25) is 0 Å². The van der Waals surface area contributed by atoms with Gasteiger partial charge in [0, 0.05) is 7.05 Å². The van der Waals surface area contributed by atoms with E-state index in [1.807, 2.05) is 30.3 Å². The Balaban J connectivity index is 2.47. The molecule has 0 saturated carbocycles. The minimum Gasteiger partial charge on any atom is -0.468 e. The van der Waals surface area contributed by atoms with Gasteiger partial charge in [-0.1, -0.05) is 23.4 Å². The molecule has 15 heavy (non-hydrogen) atoms. The second-order valence-corrected chi connectivity index (χ2v) is 2.92. The van der Waals surface area contributed by atoms with Crippen molar-refractivity contribution in [3.8, 4) is 0 Å². The molecule has 0 heterocycles. The van der Waals surface area contributed by atoms with Gasteiger partial charge in [0.1, 0.15) is 6.54 Å². The Bertz CT molecular complexity index is 338. The fourth-order valence-corrected chi connectivity index (χ4v) is 0.906. The van der Waals surface area contributed by atoms with E-state index >= 15 is 0 Å². The molecule has 0 aliphatic heterocycles. The second kappa shape index (κ2) is 5.74. The van der Waals surface area contributed by atoms with Crippen LogP contribution in [0.4, 0.5) is 5.69 Å². The predicted octanol–water partition coefficient (Wildman–Crippen LogP) is 1.79. The molecule has 0 aromatic heterocycles. The summed E-state index contributed by atoms with van der Waals surface area (Å²) in [5, 5.41) is 9.19. The number of methoxy groups -OCH3 is 1. The Morgan fingerprint density at radius 1 is 1.40 bits per heavy atom. The molecule has 0 fully saturated rings. The van der Waals surface area contributed by atoms with Crippen LogP contribution < -0.4 is 0 Å². The summed E-state index contributed by atoms with van der Waals surface area (Å²) in [6, 6.07) is 9.30. The number of rotatable bonds is 4. The minimum absolute atomic E-state index is 0.0901. The summed E-state index contributed by atoms with van der Waals surface area (Å²) in [4.78, 5) is 10.9. The van der Waals surface area contributed by atoms with E-state index < -0.39 is 0 Å². The average molecular weight is 207 g/mol. The Morgan fingerprint density at radius 2 is 2.07 bits per heavy atom. The lowest BCUT2D eigenvalue weighted by molar-refractivity contribution is -0.141. The van der Waals surface area contributed by atoms with Crippen LogP contribution in [-0.4, -0.2) is 31.7 Å². The molecule has 0 saturated heterocycles. The fourth-order valence-electron chi connectivity index (χ4n) is 0.906. The molecule has 1 rings (SSSR count). The second-order valence-electron chi connectivity index (χ2n) is 2.92. The number of hydrogen-bond acceptors (Lipinski definition) is 4. The van der Waals surface area contributed by atoms with Gasteiger partial charge in [-0.15, -0.1) is 5.11 Å². The van der Waals surface area contributed by atoms with E-state index in [2.05, 4.69) is 15.1 Å². The molecular formula is C10H13N3O2. The number of carbonyl (C=O) groups excluding carboxylic acids is 1. The number of hydrogen-bond donors (Lipinski definition) is 0. The van der Waals surface area contributed by atoms with Crippen molar-refractivity contribution in [2.45, 2.75) is 0 Å². The molecule has 0 aliphatic rings. The van der Waals surface area contributed by atoms with Crippen molar-refractivity contribution in [2.24, 2.45) is 10.3 Å². The van der Waals surface area contributed by atoms with Gasteiger partial charge < -0.3 is 4.74 Å². The van der Waals surface area contributed by atoms with Gasteiger partial charge in [-0.25, -0.2) is 0 Å². The van der Waals surface area contributed by atoms with Gasteiger partial charge in [0.2, 0.25) is 0 Å². The molecule has 80 valence electrons. The molecule has 0 N–H and O–H groups in total. The van der Waals surface area contributed by atoms with Crippen LogP contribution in [0.1, 0.15) is 0 Å². The number of benzene rings is 1. The Labute approximate surface area is 88.3 Å². The summed E-state index contributed by atoms with van der Waals surface area (Å²) in [6.07, 6.45) is 0. The maximum Gasteiger partial charge on any atom is 0.327 e. The fraction of sp³-hybridized carbons (Fsp3) is 0.300. The first kappa shape index (κ1) is 11.2. The topological polar surface area (TPSA) is 54.3 Å². The van der Waals surface area contributed by atoms with Crippen LogP contribution in [0.25, 0.3) is 0 Å².